The van der Waals surface area contributed by atoms with Crippen LogP contribution < -0.4 is 4.74 Å². The van der Waals surface area contributed by atoms with Crippen molar-refractivity contribution in [3.05, 3.63) is 35.4 Å². The maximum Gasteiger partial charge on any atom is 0.119 e. The Balaban J connectivity index is 2.64. The maximum absolute atomic E-state index is 5.65. The highest BCUT2D eigenvalue weighted by Gasteiger charge is 2.01. The van der Waals surface area contributed by atoms with Crippen molar-refractivity contribution < 1.29 is 4.74 Å². The van der Waals surface area contributed by atoms with Crippen molar-refractivity contribution in [2.75, 3.05) is 11.9 Å². The van der Waals surface area contributed by atoms with Crippen LogP contribution in [0, 0.1) is 5.92 Å². The Kier molecular flexibility index (Phi) is 7.11. The van der Waals surface area contributed by atoms with Crippen molar-refractivity contribution in [1.29, 1.82) is 0 Å². The number of halogens is 1. The van der Waals surface area contributed by atoms with Crippen LogP contribution in [0.5, 0.6) is 5.75 Å². The Morgan fingerprint density at radius 1 is 1.28 bits per heavy atom. The average Bonchev–Trinajstić information content (AvgIpc) is 2.37. The Bertz CT molecular complexity index is 365. The Morgan fingerprint density at radius 3 is 2.44 bits per heavy atom. The predicted octanol–water partition coefficient (Wildman–Crippen LogP) is 5.30. The lowest BCUT2D eigenvalue weighted by Crippen LogP contribution is -1.96. The molecule has 0 unspecified atom stereocenters. The van der Waals surface area contributed by atoms with Gasteiger partial charge in [-0.1, -0.05) is 66.9 Å². The number of ether oxygens (including phenoxy) is 1. The van der Waals surface area contributed by atoms with Gasteiger partial charge >= 0.3 is 0 Å². The van der Waals surface area contributed by atoms with Gasteiger partial charge in [-0.3, -0.25) is 0 Å². The molecule has 0 aliphatic heterocycles. The lowest BCUT2D eigenvalue weighted by molar-refractivity contribution is 0.309. The molecule has 0 saturated carbocycles. The number of alkyl halides is 1. The summed E-state index contributed by atoms with van der Waals surface area (Å²) in [6, 6.07) is 8.33. The van der Waals surface area contributed by atoms with Gasteiger partial charge < -0.3 is 4.74 Å². The molecular formula is C16H23BrO. The molecule has 1 aromatic carbocycles. The fourth-order valence-corrected chi connectivity index (χ4v) is 2.38. The van der Waals surface area contributed by atoms with Gasteiger partial charge in [0.05, 0.1) is 6.61 Å². The molecule has 2 heteroatoms. The van der Waals surface area contributed by atoms with Crippen molar-refractivity contribution >= 4 is 22.0 Å². The molecule has 0 fully saturated rings. The van der Waals surface area contributed by atoms with Crippen LogP contribution >= 0.6 is 15.9 Å². The number of benzene rings is 1. The van der Waals surface area contributed by atoms with Crippen molar-refractivity contribution in [1.82, 2.24) is 0 Å². The molecule has 0 aromatic heterocycles. The molecule has 18 heavy (non-hydrogen) atoms. The molecule has 100 valence electrons. The average molecular weight is 311 g/mol. The molecule has 0 aliphatic rings. The first kappa shape index (κ1) is 15.3. The summed E-state index contributed by atoms with van der Waals surface area (Å²) in [5.74, 6) is 1.54. The third-order valence-electron chi connectivity index (χ3n) is 2.89. The van der Waals surface area contributed by atoms with Crippen LogP contribution in [-0.4, -0.2) is 11.9 Å². The van der Waals surface area contributed by atoms with Crippen molar-refractivity contribution in [2.45, 2.75) is 33.6 Å². The number of rotatable bonds is 7. The monoisotopic (exact) mass is 310 g/mol. The van der Waals surface area contributed by atoms with Gasteiger partial charge in [-0.05, 0) is 30.0 Å². The zero-order valence-corrected chi connectivity index (χ0v) is 13.2. The quantitative estimate of drug-likeness (QED) is 0.490. The first-order chi connectivity index (χ1) is 8.67. The fourth-order valence-electron chi connectivity index (χ4n) is 1.57. The predicted molar refractivity (Wildman–Crippen MR) is 83.5 cm³/mol. The van der Waals surface area contributed by atoms with Gasteiger partial charge in [0.25, 0.3) is 0 Å². The molecule has 0 N–H and O–H groups in total. The molecule has 0 radical (unpaired) electrons. The number of hydrogen-bond acceptors (Lipinski definition) is 1. The highest BCUT2D eigenvalue weighted by atomic mass is 79.9. The lowest BCUT2D eigenvalue weighted by atomic mass is 10.0. The zero-order chi connectivity index (χ0) is 13.4. The molecule has 0 heterocycles. The highest BCUT2D eigenvalue weighted by Crippen LogP contribution is 2.19. The first-order valence-electron chi connectivity index (χ1n) is 6.66. The van der Waals surface area contributed by atoms with E-state index in [1.165, 1.54) is 17.6 Å². The van der Waals surface area contributed by atoms with E-state index in [0.29, 0.717) is 5.92 Å². The minimum Gasteiger partial charge on any atom is -0.494 e. The maximum atomic E-state index is 5.65. The van der Waals surface area contributed by atoms with E-state index < -0.39 is 0 Å². The van der Waals surface area contributed by atoms with Crippen LogP contribution in [0.25, 0.3) is 6.08 Å². The summed E-state index contributed by atoms with van der Waals surface area (Å²) in [5.41, 5.74) is 2.65. The molecule has 0 bridgehead atoms. The second-order valence-electron chi connectivity index (χ2n) is 4.78. The van der Waals surface area contributed by atoms with Crippen molar-refractivity contribution in [2.24, 2.45) is 5.92 Å². The van der Waals surface area contributed by atoms with Crippen LogP contribution in [0.1, 0.15) is 39.2 Å². The van der Waals surface area contributed by atoms with Crippen LogP contribution in [0.2, 0.25) is 0 Å². The minimum atomic E-state index is 0.574. The third-order valence-corrected chi connectivity index (χ3v) is 3.54. The van der Waals surface area contributed by atoms with E-state index in [0.717, 1.165) is 24.1 Å². The van der Waals surface area contributed by atoms with Crippen LogP contribution in [0.3, 0.4) is 0 Å². The Hall–Kier alpha value is -0.760. The van der Waals surface area contributed by atoms with Crippen LogP contribution in [0.15, 0.2) is 29.8 Å². The summed E-state index contributed by atoms with van der Waals surface area (Å²) in [7, 11) is 0. The van der Waals surface area contributed by atoms with E-state index in [-0.39, 0.29) is 0 Å². The summed E-state index contributed by atoms with van der Waals surface area (Å²) in [4.78, 5) is 0. The van der Waals surface area contributed by atoms with Gasteiger partial charge in [-0.25, -0.2) is 0 Å². The minimum absolute atomic E-state index is 0.574. The summed E-state index contributed by atoms with van der Waals surface area (Å²) in [6.07, 6.45) is 4.53. The van der Waals surface area contributed by atoms with Crippen LogP contribution in [-0.2, 0) is 0 Å². The molecule has 1 nitrogen and oxygen atoms in total. The summed E-state index contributed by atoms with van der Waals surface area (Å²) in [5, 5.41) is 0.930. The molecule has 0 amide bonds. The molecule has 0 spiro atoms. The van der Waals surface area contributed by atoms with Crippen LogP contribution in [0.4, 0.5) is 0 Å². The van der Waals surface area contributed by atoms with E-state index in [1.54, 1.807) is 0 Å². The fraction of sp³-hybridized carbons (Fsp3) is 0.500. The zero-order valence-electron chi connectivity index (χ0n) is 11.6. The Labute approximate surface area is 119 Å². The number of allylic oxidation sites excluding steroid dienone is 1. The SMILES string of the molecule is CCCCOc1ccc(C=C(CBr)C(C)C)cc1. The molecule has 0 atom stereocenters. The second kappa shape index (κ2) is 8.36. The molecular weight excluding hydrogens is 288 g/mol. The lowest BCUT2D eigenvalue weighted by Gasteiger charge is -2.09. The van der Waals surface area contributed by atoms with Gasteiger partial charge in [0, 0.05) is 5.33 Å². The molecule has 1 aromatic rings. The summed E-state index contributed by atoms with van der Waals surface area (Å²) in [6.45, 7) is 7.42. The van der Waals surface area contributed by atoms with Gasteiger partial charge in [0.2, 0.25) is 0 Å². The number of unbranched alkanes of at least 4 members (excludes halogenated alkanes) is 1. The van der Waals surface area contributed by atoms with Crippen molar-refractivity contribution in [3.63, 3.8) is 0 Å². The molecule has 1 rings (SSSR count). The first-order valence-corrected chi connectivity index (χ1v) is 7.78. The van der Waals surface area contributed by atoms with E-state index in [4.69, 9.17) is 4.74 Å². The van der Waals surface area contributed by atoms with Gasteiger partial charge in [0.15, 0.2) is 0 Å². The van der Waals surface area contributed by atoms with Crippen molar-refractivity contribution in [3.8, 4) is 5.75 Å². The standard InChI is InChI=1S/C16H23BrO/c1-4-5-10-18-16-8-6-14(7-9-16)11-15(12-17)13(2)3/h6-9,11,13H,4-5,10,12H2,1-3H3. The van der Waals surface area contributed by atoms with E-state index in [9.17, 15) is 0 Å². The highest BCUT2D eigenvalue weighted by molar-refractivity contribution is 9.09. The van der Waals surface area contributed by atoms with E-state index in [2.05, 4.69) is 54.9 Å². The Morgan fingerprint density at radius 2 is 1.94 bits per heavy atom. The van der Waals surface area contributed by atoms with E-state index >= 15 is 0 Å². The molecule has 0 saturated heterocycles. The topological polar surface area (TPSA) is 9.23 Å². The summed E-state index contributed by atoms with van der Waals surface area (Å²) >= 11 is 3.54. The summed E-state index contributed by atoms with van der Waals surface area (Å²) < 4.78 is 5.65. The van der Waals surface area contributed by atoms with Gasteiger partial charge in [-0.15, -0.1) is 0 Å². The normalized spacial score (nSPS) is 11.9. The number of hydrogen-bond donors (Lipinski definition) is 0. The molecule has 0 aliphatic carbocycles. The van der Waals surface area contributed by atoms with Gasteiger partial charge in [0.1, 0.15) is 5.75 Å². The second-order valence-corrected chi connectivity index (χ2v) is 5.34. The third kappa shape index (κ3) is 5.26. The van der Waals surface area contributed by atoms with Gasteiger partial charge in [-0.2, -0.15) is 0 Å². The smallest absolute Gasteiger partial charge is 0.119 e. The largest absolute Gasteiger partial charge is 0.494 e. The van der Waals surface area contributed by atoms with E-state index in [1.807, 2.05) is 12.1 Å².